The molecule has 0 heterocycles. The SMILES string of the molecule is CN([SiH](C)C)[Si](C)(C)C.O=S(=O)(OS(=O)(=O)C(F)(F)F)C(F)(F)F. The Morgan fingerprint density at radius 1 is 0.833 bits per heavy atom. The second-order valence-electron chi connectivity index (χ2n) is 5.74. The Morgan fingerprint density at radius 3 is 1.17 bits per heavy atom. The third-order valence-electron chi connectivity index (χ3n) is 2.58. The molecule has 0 rings (SSSR count). The molecule has 16 heteroatoms. The van der Waals surface area contributed by atoms with Gasteiger partial charge in [-0.15, -0.1) is 3.63 Å². The van der Waals surface area contributed by atoms with E-state index in [0.29, 0.717) is 0 Å². The van der Waals surface area contributed by atoms with E-state index >= 15 is 0 Å². The lowest BCUT2D eigenvalue weighted by molar-refractivity contribution is -0.0585. The molecule has 148 valence electrons. The highest BCUT2D eigenvalue weighted by atomic mass is 32.3. The molecular formula is C8H19F6NO5S2Si2. The average molecular weight is 444 g/mol. The van der Waals surface area contributed by atoms with Gasteiger partial charge in [0.2, 0.25) is 0 Å². The fourth-order valence-electron chi connectivity index (χ4n) is 0.970. The molecule has 0 aromatic carbocycles. The van der Waals surface area contributed by atoms with E-state index in [-0.39, 0.29) is 0 Å². The molecule has 0 radical (unpaired) electrons. The molecule has 0 saturated carbocycles. The van der Waals surface area contributed by atoms with Gasteiger partial charge in [0.25, 0.3) is 0 Å². The van der Waals surface area contributed by atoms with Gasteiger partial charge in [0.15, 0.2) is 0 Å². The lowest BCUT2D eigenvalue weighted by Gasteiger charge is -2.33. The van der Waals surface area contributed by atoms with E-state index in [0.717, 1.165) is 0 Å². The normalized spacial score (nSPS) is 14.6. The first-order valence-electron chi connectivity index (χ1n) is 6.13. The molecule has 6 nitrogen and oxygen atoms in total. The Bertz CT molecular complexity index is 566. The zero-order valence-electron chi connectivity index (χ0n) is 13.7. The van der Waals surface area contributed by atoms with Crippen LogP contribution >= 0.6 is 0 Å². The largest absolute Gasteiger partial charge is 0.524 e. The van der Waals surface area contributed by atoms with Crippen LogP contribution in [-0.4, -0.2) is 56.3 Å². The van der Waals surface area contributed by atoms with Crippen molar-refractivity contribution >= 4 is 37.4 Å². The summed E-state index contributed by atoms with van der Waals surface area (Å²) in [6.45, 7) is 12.0. The van der Waals surface area contributed by atoms with Gasteiger partial charge in [0.05, 0.1) is 8.96 Å². The van der Waals surface area contributed by atoms with Gasteiger partial charge in [-0.25, -0.2) is 0 Å². The summed E-state index contributed by atoms with van der Waals surface area (Å²) in [6.07, 6.45) is 0. The summed E-state index contributed by atoms with van der Waals surface area (Å²) in [6, 6.07) is 0. The van der Waals surface area contributed by atoms with Crippen LogP contribution < -0.4 is 0 Å². The fraction of sp³-hybridized carbons (Fsp3) is 1.00. The molecule has 0 fully saturated rings. The van der Waals surface area contributed by atoms with E-state index in [9.17, 15) is 43.2 Å². The summed E-state index contributed by atoms with van der Waals surface area (Å²) in [5.74, 6) is 0. The number of hydrogen-bond acceptors (Lipinski definition) is 6. The Balaban J connectivity index is 0. The average Bonchev–Trinajstić information content (AvgIpc) is 2.22. The summed E-state index contributed by atoms with van der Waals surface area (Å²) in [5, 5.41) is 0. The quantitative estimate of drug-likeness (QED) is 0.377. The lowest BCUT2D eigenvalue weighted by Crippen LogP contribution is -2.49. The van der Waals surface area contributed by atoms with E-state index in [1.54, 1.807) is 0 Å². The first kappa shape index (κ1) is 26.1. The number of rotatable bonds is 4. The Kier molecular flexibility index (Phi) is 8.71. The summed E-state index contributed by atoms with van der Waals surface area (Å²) >= 11 is 0. The minimum absolute atomic E-state index is 0.495. The minimum atomic E-state index is -6.85. The third kappa shape index (κ3) is 8.28. The summed E-state index contributed by atoms with van der Waals surface area (Å²) in [4.78, 5) is 0. The highest BCUT2D eigenvalue weighted by molar-refractivity contribution is 8.00. The van der Waals surface area contributed by atoms with Crippen molar-refractivity contribution in [1.82, 2.24) is 4.23 Å². The van der Waals surface area contributed by atoms with Crippen molar-refractivity contribution in [2.45, 2.75) is 43.8 Å². The first-order valence-corrected chi connectivity index (χ1v) is 15.2. The van der Waals surface area contributed by atoms with E-state index < -0.39 is 48.4 Å². The van der Waals surface area contributed by atoms with Crippen LogP contribution in [0.4, 0.5) is 26.3 Å². The molecule has 0 aliphatic rings. The second-order valence-corrected chi connectivity index (χ2v) is 17.6. The molecule has 0 saturated heterocycles. The first-order chi connectivity index (χ1) is 10.1. The van der Waals surface area contributed by atoms with Crippen molar-refractivity contribution in [2.75, 3.05) is 7.05 Å². The molecule has 0 atom stereocenters. The number of alkyl halides is 6. The second kappa shape index (κ2) is 8.02. The Morgan fingerprint density at radius 2 is 1.08 bits per heavy atom. The minimum Gasteiger partial charge on any atom is -0.351 e. The number of halogens is 6. The highest BCUT2D eigenvalue weighted by Gasteiger charge is 2.57. The molecule has 0 aliphatic heterocycles. The van der Waals surface area contributed by atoms with Crippen LogP contribution in [0.5, 0.6) is 0 Å². The zero-order chi connectivity index (χ0) is 20.4. The van der Waals surface area contributed by atoms with E-state index in [1.807, 2.05) is 3.63 Å². The standard InChI is InChI=1S/C6H19NSi2.C2F6O5S2/c1-7(8(2)3)9(4,5)6;3-1(4,5)14(9,10)13-15(11,12)2(6,7)8/h8H,1-6H3;. The van der Waals surface area contributed by atoms with E-state index in [2.05, 4.69) is 44.0 Å². The van der Waals surface area contributed by atoms with Crippen LogP contribution in [0.1, 0.15) is 0 Å². The summed E-state index contributed by atoms with van der Waals surface area (Å²) < 4.78 is 113. The zero-order valence-corrected chi connectivity index (χ0v) is 17.4. The molecule has 0 unspecified atom stereocenters. The van der Waals surface area contributed by atoms with Gasteiger partial charge in [-0.3, -0.25) is 0 Å². The predicted octanol–water partition coefficient (Wildman–Crippen LogP) is 2.44. The van der Waals surface area contributed by atoms with E-state index in [1.165, 1.54) is 0 Å². The van der Waals surface area contributed by atoms with Crippen LogP contribution in [-0.2, 0) is 23.9 Å². The molecule has 0 aliphatic carbocycles. The van der Waals surface area contributed by atoms with Gasteiger partial charge in [0, 0.05) is 0 Å². The van der Waals surface area contributed by atoms with Crippen LogP contribution in [0.2, 0.25) is 32.7 Å². The maximum atomic E-state index is 11.4. The van der Waals surface area contributed by atoms with Gasteiger partial charge < -0.3 is 4.23 Å². The summed E-state index contributed by atoms with van der Waals surface area (Å²) in [5.41, 5.74) is -12.5. The molecule has 0 amide bonds. The summed E-state index contributed by atoms with van der Waals surface area (Å²) in [7, 11) is -12.8. The van der Waals surface area contributed by atoms with Crippen molar-refractivity contribution in [2.24, 2.45) is 0 Å². The lowest BCUT2D eigenvalue weighted by atomic mass is 11.6. The molecule has 0 aromatic rings. The molecular weight excluding hydrogens is 424 g/mol. The predicted molar refractivity (Wildman–Crippen MR) is 81.0 cm³/mol. The van der Waals surface area contributed by atoms with Crippen molar-refractivity contribution in [1.29, 1.82) is 0 Å². The fourth-order valence-corrected chi connectivity index (χ4v) is 8.73. The number of hydrogen-bond donors (Lipinski definition) is 0. The van der Waals surface area contributed by atoms with Crippen molar-refractivity contribution in [3.8, 4) is 0 Å². The van der Waals surface area contributed by atoms with E-state index in [4.69, 9.17) is 0 Å². The van der Waals surface area contributed by atoms with Gasteiger partial charge >= 0.3 is 31.3 Å². The maximum absolute atomic E-state index is 11.4. The topological polar surface area (TPSA) is 80.8 Å². The van der Waals surface area contributed by atoms with Crippen molar-refractivity contribution < 1.29 is 46.8 Å². The maximum Gasteiger partial charge on any atom is 0.524 e. The van der Waals surface area contributed by atoms with Crippen LogP contribution in [0.15, 0.2) is 0 Å². The molecule has 0 aromatic heterocycles. The smallest absolute Gasteiger partial charge is 0.351 e. The molecule has 0 N–H and O–H groups in total. The van der Waals surface area contributed by atoms with Crippen molar-refractivity contribution in [3.63, 3.8) is 0 Å². The van der Waals surface area contributed by atoms with Crippen LogP contribution in [0, 0.1) is 0 Å². The molecule has 0 bridgehead atoms. The molecule has 24 heavy (non-hydrogen) atoms. The van der Waals surface area contributed by atoms with Crippen LogP contribution in [0.25, 0.3) is 0 Å². The Hall–Kier alpha value is -0.166. The van der Waals surface area contributed by atoms with Gasteiger partial charge in [-0.05, 0) is 7.05 Å². The molecule has 0 spiro atoms. The third-order valence-corrected chi connectivity index (χ3v) is 12.7. The van der Waals surface area contributed by atoms with Gasteiger partial charge in [0.1, 0.15) is 8.24 Å². The Labute approximate surface area is 139 Å². The van der Waals surface area contributed by atoms with Gasteiger partial charge in [-0.1, -0.05) is 32.7 Å². The highest BCUT2D eigenvalue weighted by Crippen LogP contribution is 2.32. The number of nitrogens with zero attached hydrogens (tertiary/aromatic N) is 1. The van der Waals surface area contributed by atoms with Gasteiger partial charge in [-0.2, -0.15) is 43.2 Å². The monoisotopic (exact) mass is 443 g/mol. The van der Waals surface area contributed by atoms with Crippen LogP contribution in [0.3, 0.4) is 0 Å². The van der Waals surface area contributed by atoms with Crippen molar-refractivity contribution in [3.05, 3.63) is 0 Å².